The summed E-state index contributed by atoms with van der Waals surface area (Å²) in [6.45, 7) is 0. The SMILES string of the molecule is Oc1c(O)c(O)c(-c2c3ccccc3c(-c3cc(-c4ccc5oc6ccccc6c5c4)c4ccccc4c3)c3ccccc23)c(O)c1O. The van der Waals surface area contributed by atoms with Crippen LogP contribution < -0.4 is 0 Å². The minimum absolute atomic E-state index is 0.179. The lowest BCUT2D eigenvalue weighted by Gasteiger charge is -2.20. The maximum absolute atomic E-state index is 11.1. The molecule has 6 heteroatoms. The molecule has 0 aliphatic heterocycles. The van der Waals surface area contributed by atoms with E-state index >= 15 is 0 Å². The Morgan fingerprint density at radius 1 is 0.333 bits per heavy atom. The zero-order valence-corrected chi connectivity index (χ0v) is 25.3. The third kappa shape index (κ3) is 3.86. The fraction of sp³-hybridized carbons (Fsp3) is 0. The van der Waals surface area contributed by atoms with E-state index in [9.17, 15) is 25.5 Å². The van der Waals surface area contributed by atoms with Gasteiger partial charge in [-0.05, 0) is 84.9 Å². The summed E-state index contributed by atoms with van der Waals surface area (Å²) in [5.74, 6) is -4.30. The summed E-state index contributed by atoms with van der Waals surface area (Å²) in [5, 5.41) is 60.5. The Labute approximate surface area is 273 Å². The standard InChI is InChI=1S/C42H26O6/c43-38-37(39(44)41(46)42(47)40(38)45)36-29-14-5-3-12-27(29)35(28-13-4-6-15-30(28)36)24-19-22-9-1-2-10-25(22)31(21-24)23-17-18-34-32(20-23)26-11-7-8-16-33(26)48-34/h1-21,43-47H. The smallest absolute Gasteiger partial charge is 0.208 e. The Kier molecular flexibility index (Phi) is 5.86. The first kappa shape index (κ1) is 27.6. The van der Waals surface area contributed by atoms with Crippen LogP contribution in [0.25, 0.3) is 87.6 Å². The average molecular weight is 627 g/mol. The van der Waals surface area contributed by atoms with Gasteiger partial charge in [0.1, 0.15) is 11.2 Å². The van der Waals surface area contributed by atoms with E-state index in [1.807, 2.05) is 84.9 Å². The van der Waals surface area contributed by atoms with Crippen LogP contribution in [-0.2, 0) is 0 Å². The zero-order chi connectivity index (χ0) is 32.7. The Balaban J connectivity index is 1.38. The lowest BCUT2D eigenvalue weighted by Crippen LogP contribution is -1.93. The van der Waals surface area contributed by atoms with Crippen LogP contribution in [0, 0.1) is 0 Å². The molecule has 0 fully saturated rings. The molecule has 5 N–H and O–H groups in total. The topological polar surface area (TPSA) is 114 Å². The number of fused-ring (bicyclic) bond motifs is 6. The first-order chi connectivity index (χ1) is 23.4. The molecule has 9 aromatic rings. The van der Waals surface area contributed by atoms with Crippen molar-refractivity contribution in [2.45, 2.75) is 0 Å². The molecule has 0 saturated heterocycles. The highest BCUT2D eigenvalue weighted by molar-refractivity contribution is 6.23. The van der Waals surface area contributed by atoms with Crippen molar-refractivity contribution in [3.63, 3.8) is 0 Å². The van der Waals surface area contributed by atoms with Crippen molar-refractivity contribution in [3.05, 3.63) is 127 Å². The van der Waals surface area contributed by atoms with Crippen LogP contribution in [0.1, 0.15) is 0 Å². The first-order valence-corrected chi connectivity index (χ1v) is 15.5. The second kappa shape index (κ2) is 10.2. The van der Waals surface area contributed by atoms with E-state index < -0.39 is 28.7 Å². The Morgan fingerprint density at radius 3 is 1.48 bits per heavy atom. The molecule has 0 atom stereocenters. The van der Waals surface area contributed by atoms with Gasteiger partial charge in [0, 0.05) is 16.3 Å². The Morgan fingerprint density at radius 2 is 0.833 bits per heavy atom. The molecule has 48 heavy (non-hydrogen) atoms. The van der Waals surface area contributed by atoms with Gasteiger partial charge in [0.05, 0.1) is 5.56 Å². The highest BCUT2D eigenvalue weighted by atomic mass is 16.4. The molecule has 9 rings (SSSR count). The number of benzene rings is 8. The van der Waals surface area contributed by atoms with Crippen LogP contribution in [0.5, 0.6) is 28.7 Å². The number of para-hydroxylation sites is 1. The van der Waals surface area contributed by atoms with Gasteiger partial charge in [-0.3, -0.25) is 0 Å². The average Bonchev–Trinajstić information content (AvgIpc) is 3.50. The number of hydrogen-bond acceptors (Lipinski definition) is 6. The van der Waals surface area contributed by atoms with Gasteiger partial charge in [-0.2, -0.15) is 0 Å². The molecule has 1 aromatic heterocycles. The molecule has 0 aliphatic carbocycles. The van der Waals surface area contributed by atoms with Crippen LogP contribution in [0.4, 0.5) is 0 Å². The highest BCUT2D eigenvalue weighted by Crippen LogP contribution is 2.58. The minimum atomic E-state index is -0.996. The second-order valence-electron chi connectivity index (χ2n) is 12.0. The van der Waals surface area contributed by atoms with Crippen LogP contribution in [0.3, 0.4) is 0 Å². The van der Waals surface area contributed by atoms with Crippen molar-refractivity contribution in [2.24, 2.45) is 0 Å². The number of rotatable bonds is 3. The summed E-state index contributed by atoms with van der Waals surface area (Å²) in [5.41, 5.74) is 5.89. The summed E-state index contributed by atoms with van der Waals surface area (Å²) in [4.78, 5) is 0. The van der Waals surface area contributed by atoms with Gasteiger partial charge in [0.15, 0.2) is 11.5 Å². The fourth-order valence-corrected chi connectivity index (χ4v) is 7.22. The van der Waals surface area contributed by atoms with Crippen molar-refractivity contribution >= 4 is 54.3 Å². The van der Waals surface area contributed by atoms with Crippen LogP contribution >= 0.6 is 0 Å². The molecule has 8 aromatic carbocycles. The lowest BCUT2D eigenvalue weighted by atomic mass is 9.84. The van der Waals surface area contributed by atoms with E-state index in [1.54, 1.807) is 0 Å². The normalized spacial score (nSPS) is 11.8. The predicted molar refractivity (Wildman–Crippen MR) is 191 cm³/mol. The van der Waals surface area contributed by atoms with Gasteiger partial charge in [0.25, 0.3) is 0 Å². The van der Waals surface area contributed by atoms with Gasteiger partial charge in [-0.25, -0.2) is 0 Å². The Hall–Kier alpha value is -6.66. The van der Waals surface area contributed by atoms with E-state index in [-0.39, 0.29) is 5.56 Å². The largest absolute Gasteiger partial charge is 0.504 e. The van der Waals surface area contributed by atoms with Crippen molar-refractivity contribution in [2.75, 3.05) is 0 Å². The number of phenolic OH excluding ortho intramolecular Hbond substituents is 5. The Bertz CT molecular complexity index is 2710. The molecule has 0 bridgehead atoms. The highest BCUT2D eigenvalue weighted by Gasteiger charge is 2.28. The number of hydrogen-bond donors (Lipinski definition) is 5. The number of aromatic hydroxyl groups is 5. The second-order valence-corrected chi connectivity index (χ2v) is 12.0. The van der Waals surface area contributed by atoms with Crippen LogP contribution in [-0.4, -0.2) is 25.5 Å². The van der Waals surface area contributed by atoms with E-state index in [0.29, 0.717) is 16.3 Å². The van der Waals surface area contributed by atoms with Crippen LogP contribution in [0.2, 0.25) is 0 Å². The molecular formula is C42H26O6. The predicted octanol–water partition coefficient (Wildman–Crippen LogP) is 10.6. The molecule has 0 amide bonds. The van der Waals surface area contributed by atoms with Gasteiger partial charge < -0.3 is 29.9 Å². The molecule has 0 radical (unpaired) electrons. The molecule has 0 spiro atoms. The van der Waals surface area contributed by atoms with Crippen molar-refractivity contribution in [1.29, 1.82) is 0 Å². The van der Waals surface area contributed by atoms with E-state index in [0.717, 1.165) is 65.7 Å². The monoisotopic (exact) mass is 626 g/mol. The number of phenols is 5. The molecule has 0 aliphatic rings. The van der Waals surface area contributed by atoms with Crippen molar-refractivity contribution in [1.82, 2.24) is 0 Å². The third-order valence-electron chi connectivity index (χ3n) is 9.39. The third-order valence-corrected chi connectivity index (χ3v) is 9.39. The number of furan rings is 1. The maximum Gasteiger partial charge on any atom is 0.208 e. The van der Waals surface area contributed by atoms with Gasteiger partial charge in [-0.1, -0.05) is 97.1 Å². The van der Waals surface area contributed by atoms with Gasteiger partial charge in [0.2, 0.25) is 17.2 Å². The maximum atomic E-state index is 11.1. The first-order valence-electron chi connectivity index (χ1n) is 15.5. The molecule has 1 heterocycles. The zero-order valence-electron chi connectivity index (χ0n) is 25.3. The van der Waals surface area contributed by atoms with Crippen LogP contribution in [0.15, 0.2) is 132 Å². The molecule has 0 unspecified atom stereocenters. The quantitative estimate of drug-likeness (QED) is 0.0757. The molecule has 6 nitrogen and oxygen atoms in total. The lowest BCUT2D eigenvalue weighted by molar-refractivity contribution is 0.330. The van der Waals surface area contributed by atoms with E-state index in [4.69, 9.17) is 4.42 Å². The molecular weight excluding hydrogens is 600 g/mol. The van der Waals surface area contributed by atoms with Gasteiger partial charge >= 0.3 is 0 Å². The minimum Gasteiger partial charge on any atom is -0.504 e. The summed E-state index contributed by atoms with van der Waals surface area (Å²) in [7, 11) is 0. The molecule has 230 valence electrons. The van der Waals surface area contributed by atoms with Crippen molar-refractivity contribution < 1.29 is 29.9 Å². The summed E-state index contributed by atoms with van der Waals surface area (Å²) in [6.07, 6.45) is 0. The van der Waals surface area contributed by atoms with Crippen molar-refractivity contribution in [3.8, 4) is 62.1 Å². The summed E-state index contributed by atoms with van der Waals surface area (Å²) in [6, 6.07) is 42.3. The van der Waals surface area contributed by atoms with E-state index in [2.05, 4.69) is 42.5 Å². The van der Waals surface area contributed by atoms with E-state index in [1.165, 1.54) is 0 Å². The fourth-order valence-electron chi connectivity index (χ4n) is 7.22. The summed E-state index contributed by atoms with van der Waals surface area (Å²) >= 11 is 0. The van der Waals surface area contributed by atoms with Gasteiger partial charge in [-0.15, -0.1) is 0 Å². The molecule has 0 saturated carbocycles. The summed E-state index contributed by atoms with van der Waals surface area (Å²) < 4.78 is 6.13.